The van der Waals surface area contributed by atoms with Crippen LogP contribution in [0.3, 0.4) is 0 Å². The van der Waals surface area contributed by atoms with Crippen molar-refractivity contribution in [2.45, 2.75) is 12.1 Å². The molecule has 0 amide bonds. The molecule has 2 aromatic heterocycles. The summed E-state index contributed by atoms with van der Waals surface area (Å²) in [6.07, 6.45) is 0.567. The fourth-order valence-corrected chi connectivity index (χ4v) is 3.19. The summed E-state index contributed by atoms with van der Waals surface area (Å²) in [5.41, 5.74) is 1.33. The van der Waals surface area contributed by atoms with Gasteiger partial charge in [0, 0.05) is 48.7 Å². The number of benzene rings is 1. The van der Waals surface area contributed by atoms with E-state index in [1.54, 1.807) is 24.5 Å². The number of hydrogen-bond acceptors (Lipinski definition) is 3. The van der Waals surface area contributed by atoms with Crippen molar-refractivity contribution in [3.63, 3.8) is 0 Å². The molecule has 0 saturated carbocycles. The Morgan fingerprint density at radius 2 is 1.71 bits per heavy atom. The van der Waals surface area contributed by atoms with E-state index in [4.69, 9.17) is 0 Å². The Morgan fingerprint density at radius 1 is 0.958 bits per heavy atom. The fraction of sp³-hybridized carbons (Fsp3) is 0.222. The Bertz CT molecular complexity index is 872. The fourth-order valence-electron chi connectivity index (χ4n) is 3.19. The summed E-state index contributed by atoms with van der Waals surface area (Å²) < 4.78 is 39.5. The van der Waals surface area contributed by atoms with Crippen LogP contribution in [-0.4, -0.2) is 23.1 Å². The van der Waals surface area contributed by atoms with Crippen molar-refractivity contribution in [3.8, 4) is 0 Å². The smallest absolute Gasteiger partial charge is 0.370 e. The Morgan fingerprint density at radius 3 is 2.42 bits per heavy atom. The highest BCUT2D eigenvalue weighted by molar-refractivity contribution is 5.94. The number of rotatable bonds is 2. The molecule has 0 spiro atoms. The maximum atomic E-state index is 13.2. The number of aromatic nitrogens is 2. The number of anilines is 1. The number of hydrogen-bond donors (Lipinski definition) is 0. The summed E-state index contributed by atoms with van der Waals surface area (Å²) in [6.45, 7) is 1.55. The lowest BCUT2D eigenvalue weighted by Gasteiger charge is -2.41. The number of fused-ring (bicyclic) bond motifs is 1. The monoisotopic (exact) mass is 329 g/mol. The summed E-state index contributed by atoms with van der Waals surface area (Å²) in [4.78, 5) is 10.1. The van der Waals surface area contributed by atoms with Crippen LogP contribution >= 0.6 is 0 Å². The van der Waals surface area contributed by atoms with E-state index in [-0.39, 0.29) is 5.52 Å². The van der Waals surface area contributed by atoms with Gasteiger partial charge in [0.2, 0.25) is 0 Å². The molecule has 3 heterocycles. The average molecular weight is 329 g/mol. The van der Waals surface area contributed by atoms with Crippen LogP contribution in [-0.2, 0) is 6.18 Å². The maximum absolute atomic E-state index is 13.2. The van der Waals surface area contributed by atoms with E-state index in [9.17, 15) is 13.2 Å². The third kappa shape index (κ3) is 2.48. The summed E-state index contributed by atoms with van der Waals surface area (Å²) in [6, 6.07) is 9.96. The van der Waals surface area contributed by atoms with E-state index in [2.05, 4.69) is 14.9 Å². The largest absolute Gasteiger partial charge is 0.418 e. The van der Waals surface area contributed by atoms with Crippen molar-refractivity contribution in [2.24, 2.45) is 0 Å². The SMILES string of the molecule is FC(F)(F)c1cccc2c(N3CC(c4ccncc4)C3)ccnc12. The van der Waals surface area contributed by atoms with Crippen LogP contribution in [0.4, 0.5) is 18.9 Å². The van der Waals surface area contributed by atoms with Gasteiger partial charge in [0.25, 0.3) is 0 Å². The Kier molecular flexibility index (Phi) is 3.40. The number of alkyl halides is 3. The zero-order chi connectivity index (χ0) is 16.7. The molecule has 0 unspecified atom stereocenters. The van der Waals surface area contributed by atoms with Crippen LogP contribution in [0.5, 0.6) is 0 Å². The topological polar surface area (TPSA) is 29.0 Å². The van der Waals surface area contributed by atoms with E-state index in [1.165, 1.54) is 17.8 Å². The van der Waals surface area contributed by atoms with E-state index in [0.717, 1.165) is 24.8 Å². The van der Waals surface area contributed by atoms with Gasteiger partial charge in [0.15, 0.2) is 0 Å². The van der Waals surface area contributed by atoms with E-state index < -0.39 is 11.7 Å². The summed E-state index contributed by atoms with van der Waals surface area (Å²) >= 11 is 0. The van der Waals surface area contributed by atoms with Crippen molar-refractivity contribution in [1.29, 1.82) is 0 Å². The number of pyridine rings is 2. The predicted molar refractivity (Wildman–Crippen MR) is 85.9 cm³/mol. The molecule has 1 aliphatic rings. The van der Waals surface area contributed by atoms with Gasteiger partial charge in [0.05, 0.1) is 11.1 Å². The molecule has 1 fully saturated rings. The minimum absolute atomic E-state index is 0.00913. The normalized spacial score (nSPS) is 15.5. The van der Waals surface area contributed by atoms with Gasteiger partial charge in [-0.15, -0.1) is 0 Å². The highest BCUT2D eigenvalue weighted by Crippen LogP contribution is 2.39. The Labute approximate surface area is 136 Å². The first-order chi connectivity index (χ1) is 11.5. The first kappa shape index (κ1) is 14.9. The van der Waals surface area contributed by atoms with Crippen molar-refractivity contribution in [1.82, 2.24) is 9.97 Å². The third-order valence-corrected chi connectivity index (χ3v) is 4.45. The summed E-state index contributed by atoms with van der Waals surface area (Å²) in [7, 11) is 0. The van der Waals surface area contributed by atoms with Gasteiger partial charge in [-0.3, -0.25) is 9.97 Å². The molecule has 0 radical (unpaired) electrons. The van der Waals surface area contributed by atoms with Crippen molar-refractivity contribution >= 4 is 16.6 Å². The third-order valence-electron chi connectivity index (χ3n) is 4.45. The molecular formula is C18H14F3N3. The second-order valence-electron chi connectivity index (χ2n) is 5.91. The standard InChI is InChI=1S/C18H14F3N3/c19-18(20,21)15-3-1-2-14-16(6-9-23-17(14)15)24-10-13(11-24)12-4-7-22-8-5-12/h1-9,13H,10-11H2. The molecule has 3 aromatic rings. The molecule has 1 aliphatic heterocycles. The Balaban J connectivity index is 1.67. The minimum Gasteiger partial charge on any atom is -0.370 e. The number of nitrogens with zero attached hydrogens (tertiary/aromatic N) is 3. The molecule has 24 heavy (non-hydrogen) atoms. The molecule has 1 aromatic carbocycles. The molecule has 4 rings (SSSR count). The number of para-hydroxylation sites is 1. The molecule has 3 nitrogen and oxygen atoms in total. The zero-order valence-electron chi connectivity index (χ0n) is 12.7. The Hall–Kier alpha value is -2.63. The van der Waals surface area contributed by atoms with E-state index in [1.807, 2.05) is 12.1 Å². The van der Waals surface area contributed by atoms with Crippen LogP contribution in [0.25, 0.3) is 10.9 Å². The van der Waals surface area contributed by atoms with Gasteiger partial charge < -0.3 is 4.90 Å². The number of halogens is 3. The quantitative estimate of drug-likeness (QED) is 0.704. The lowest BCUT2D eigenvalue weighted by molar-refractivity contribution is -0.136. The van der Waals surface area contributed by atoms with Gasteiger partial charge in [-0.1, -0.05) is 12.1 Å². The minimum atomic E-state index is -4.40. The van der Waals surface area contributed by atoms with Crippen LogP contribution in [0, 0.1) is 0 Å². The molecule has 0 atom stereocenters. The lowest BCUT2D eigenvalue weighted by Crippen LogP contribution is -2.45. The zero-order valence-corrected chi connectivity index (χ0v) is 12.7. The predicted octanol–water partition coefficient (Wildman–Crippen LogP) is 4.25. The highest BCUT2D eigenvalue weighted by atomic mass is 19.4. The average Bonchev–Trinajstić information content (AvgIpc) is 2.53. The molecule has 0 bridgehead atoms. The van der Waals surface area contributed by atoms with Gasteiger partial charge in [-0.25, -0.2) is 0 Å². The molecular weight excluding hydrogens is 315 g/mol. The van der Waals surface area contributed by atoms with Gasteiger partial charge >= 0.3 is 6.18 Å². The lowest BCUT2D eigenvalue weighted by atomic mass is 9.91. The first-order valence-electron chi connectivity index (χ1n) is 7.64. The maximum Gasteiger partial charge on any atom is 0.418 e. The van der Waals surface area contributed by atoms with E-state index in [0.29, 0.717) is 11.3 Å². The van der Waals surface area contributed by atoms with Crippen LogP contribution < -0.4 is 4.90 Å². The molecule has 0 aliphatic carbocycles. The second-order valence-corrected chi connectivity index (χ2v) is 5.91. The second kappa shape index (κ2) is 5.47. The van der Waals surface area contributed by atoms with E-state index >= 15 is 0 Å². The van der Waals surface area contributed by atoms with Crippen molar-refractivity contribution < 1.29 is 13.2 Å². The molecule has 122 valence electrons. The van der Waals surface area contributed by atoms with Crippen LogP contribution in [0.1, 0.15) is 17.0 Å². The van der Waals surface area contributed by atoms with Gasteiger partial charge in [-0.05, 0) is 29.8 Å². The van der Waals surface area contributed by atoms with Gasteiger partial charge in [-0.2, -0.15) is 13.2 Å². The summed E-state index contributed by atoms with van der Waals surface area (Å²) in [5, 5.41) is 0.542. The summed E-state index contributed by atoms with van der Waals surface area (Å²) in [5.74, 6) is 0.377. The van der Waals surface area contributed by atoms with Gasteiger partial charge in [0.1, 0.15) is 0 Å². The van der Waals surface area contributed by atoms with Crippen LogP contribution in [0.15, 0.2) is 55.0 Å². The van der Waals surface area contributed by atoms with Crippen molar-refractivity contribution in [3.05, 3.63) is 66.1 Å². The molecule has 0 N–H and O–H groups in total. The highest BCUT2D eigenvalue weighted by Gasteiger charge is 2.34. The molecule has 6 heteroatoms. The molecule has 1 saturated heterocycles. The van der Waals surface area contributed by atoms with Crippen LogP contribution in [0.2, 0.25) is 0 Å². The van der Waals surface area contributed by atoms with Crippen molar-refractivity contribution in [2.75, 3.05) is 18.0 Å². The first-order valence-corrected chi connectivity index (χ1v) is 7.64.